The van der Waals surface area contributed by atoms with Gasteiger partial charge in [-0.05, 0) is 37.0 Å². The molecule has 1 aliphatic rings. The molecule has 0 aliphatic carbocycles. The van der Waals surface area contributed by atoms with Crippen LogP contribution in [-0.2, 0) is 11.2 Å². The van der Waals surface area contributed by atoms with Gasteiger partial charge in [-0.1, -0.05) is 12.1 Å². The lowest BCUT2D eigenvalue weighted by molar-refractivity contribution is -0.121. The number of hydrogen-bond donors (Lipinski definition) is 2. The second-order valence-corrected chi connectivity index (χ2v) is 7.31. The van der Waals surface area contributed by atoms with Crippen molar-refractivity contribution in [1.82, 2.24) is 15.2 Å². The Morgan fingerprint density at radius 3 is 2.63 bits per heavy atom. The standard InChI is InChI=1S/C19H24N4O3S/c1-26-16-4-2-14(3-5-16)6-9-21-19(25)23-11-7-15(8-12-23)17(24)22-18-20-10-13-27-18/h2-5,10,13,15H,6-9,11-12H2,1H3,(H,21,25)(H,20,22,24). The van der Waals surface area contributed by atoms with Crippen molar-refractivity contribution in [3.63, 3.8) is 0 Å². The number of nitrogens with one attached hydrogen (secondary N) is 2. The van der Waals surface area contributed by atoms with Crippen LogP contribution in [0.25, 0.3) is 0 Å². The number of carbonyl (C=O) groups excluding carboxylic acids is 2. The minimum Gasteiger partial charge on any atom is -0.497 e. The first-order chi connectivity index (χ1) is 13.2. The Hall–Kier alpha value is -2.61. The molecule has 1 aromatic carbocycles. The lowest BCUT2D eigenvalue weighted by atomic mass is 9.96. The quantitative estimate of drug-likeness (QED) is 0.797. The van der Waals surface area contributed by atoms with Crippen LogP contribution >= 0.6 is 11.3 Å². The number of urea groups is 1. The third kappa shape index (κ3) is 5.43. The van der Waals surface area contributed by atoms with E-state index >= 15 is 0 Å². The third-order valence-corrected chi connectivity index (χ3v) is 5.35. The molecule has 1 aromatic heterocycles. The smallest absolute Gasteiger partial charge is 0.317 e. The Bertz CT molecular complexity index is 741. The summed E-state index contributed by atoms with van der Waals surface area (Å²) in [7, 11) is 1.64. The highest BCUT2D eigenvalue weighted by atomic mass is 32.1. The van der Waals surface area contributed by atoms with Gasteiger partial charge in [0.15, 0.2) is 5.13 Å². The molecule has 2 aromatic rings. The van der Waals surface area contributed by atoms with Crippen LogP contribution in [-0.4, -0.2) is 48.6 Å². The van der Waals surface area contributed by atoms with E-state index in [4.69, 9.17) is 4.74 Å². The van der Waals surface area contributed by atoms with Crippen molar-refractivity contribution in [2.75, 3.05) is 32.1 Å². The Kier molecular flexibility index (Phi) is 6.64. The molecule has 8 heteroatoms. The fourth-order valence-corrected chi connectivity index (χ4v) is 3.59. The van der Waals surface area contributed by atoms with Gasteiger partial charge in [-0.2, -0.15) is 0 Å². The van der Waals surface area contributed by atoms with Crippen molar-refractivity contribution in [1.29, 1.82) is 0 Å². The predicted molar refractivity (Wildman–Crippen MR) is 105 cm³/mol. The van der Waals surface area contributed by atoms with Gasteiger partial charge in [-0.25, -0.2) is 9.78 Å². The van der Waals surface area contributed by atoms with Crippen LogP contribution in [0.4, 0.5) is 9.93 Å². The van der Waals surface area contributed by atoms with Crippen LogP contribution < -0.4 is 15.4 Å². The van der Waals surface area contributed by atoms with Crippen molar-refractivity contribution in [3.8, 4) is 5.75 Å². The molecule has 1 fully saturated rings. The number of likely N-dealkylation sites (tertiary alicyclic amines) is 1. The van der Waals surface area contributed by atoms with E-state index < -0.39 is 0 Å². The number of ether oxygens (including phenoxy) is 1. The molecular formula is C19H24N4O3S. The molecule has 0 bridgehead atoms. The zero-order valence-corrected chi connectivity index (χ0v) is 16.1. The topological polar surface area (TPSA) is 83.6 Å². The van der Waals surface area contributed by atoms with E-state index in [2.05, 4.69) is 15.6 Å². The average molecular weight is 388 g/mol. The van der Waals surface area contributed by atoms with Gasteiger partial charge >= 0.3 is 6.03 Å². The van der Waals surface area contributed by atoms with Crippen LogP contribution in [0.15, 0.2) is 35.8 Å². The third-order valence-electron chi connectivity index (χ3n) is 4.66. The molecule has 3 rings (SSSR count). The van der Waals surface area contributed by atoms with Gasteiger partial charge in [0.2, 0.25) is 5.91 Å². The molecule has 0 unspecified atom stereocenters. The minimum absolute atomic E-state index is 0.00971. The highest BCUT2D eigenvalue weighted by Crippen LogP contribution is 2.20. The van der Waals surface area contributed by atoms with Crippen molar-refractivity contribution >= 4 is 28.4 Å². The van der Waals surface area contributed by atoms with E-state index in [0.29, 0.717) is 37.6 Å². The van der Waals surface area contributed by atoms with Gasteiger partial charge in [0, 0.05) is 37.1 Å². The molecule has 0 saturated carbocycles. The molecule has 144 valence electrons. The number of thiazole rings is 1. The van der Waals surface area contributed by atoms with Crippen LogP contribution in [0, 0.1) is 5.92 Å². The number of nitrogens with zero attached hydrogens (tertiary/aromatic N) is 2. The second kappa shape index (κ2) is 9.36. The Morgan fingerprint density at radius 1 is 1.26 bits per heavy atom. The summed E-state index contributed by atoms with van der Waals surface area (Å²) in [5.74, 6) is 0.742. The lowest BCUT2D eigenvalue weighted by Crippen LogP contribution is -2.46. The van der Waals surface area contributed by atoms with E-state index in [1.165, 1.54) is 11.3 Å². The summed E-state index contributed by atoms with van der Waals surface area (Å²) in [4.78, 5) is 30.4. The van der Waals surface area contributed by atoms with Gasteiger partial charge in [0.1, 0.15) is 5.75 Å². The molecule has 2 N–H and O–H groups in total. The summed E-state index contributed by atoms with van der Waals surface area (Å²) >= 11 is 1.41. The normalized spacial score (nSPS) is 14.6. The maximum atomic E-state index is 12.3. The van der Waals surface area contributed by atoms with Crippen LogP contribution in [0.5, 0.6) is 5.75 Å². The number of amides is 3. The highest BCUT2D eigenvalue weighted by Gasteiger charge is 2.27. The molecule has 1 aliphatic heterocycles. The molecular weight excluding hydrogens is 364 g/mol. The SMILES string of the molecule is COc1ccc(CCNC(=O)N2CCC(C(=O)Nc3nccs3)CC2)cc1. The summed E-state index contributed by atoms with van der Waals surface area (Å²) in [5.41, 5.74) is 1.15. The number of anilines is 1. The molecule has 2 heterocycles. The fourth-order valence-electron chi connectivity index (χ4n) is 3.06. The Morgan fingerprint density at radius 2 is 2.00 bits per heavy atom. The summed E-state index contributed by atoms with van der Waals surface area (Å²) in [6, 6.07) is 7.76. The van der Waals surface area contributed by atoms with Crippen LogP contribution in [0.2, 0.25) is 0 Å². The van der Waals surface area contributed by atoms with Crippen LogP contribution in [0.1, 0.15) is 18.4 Å². The number of methoxy groups -OCH3 is 1. The van der Waals surface area contributed by atoms with E-state index in [9.17, 15) is 9.59 Å². The number of benzene rings is 1. The zero-order valence-electron chi connectivity index (χ0n) is 15.3. The van der Waals surface area contributed by atoms with Crippen molar-refractivity contribution in [2.24, 2.45) is 5.92 Å². The van der Waals surface area contributed by atoms with Gasteiger partial charge in [-0.3, -0.25) is 4.79 Å². The summed E-state index contributed by atoms with van der Waals surface area (Å²) in [5, 5.41) is 8.25. The van der Waals surface area contributed by atoms with Gasteiger partial charge in [-0.15, -0.1) is 11.3 Å². The molecule has 1 saturated heterocycles. The highest BCUT2D eigenvalue weighted by molar-refractivity contribution is 7.13. The van der Waals surface area contributed by atoms with Gasteiger partial charge in [0.05, 0.1) is 7.11 Å². The minimum atomic E-state index is -0.0720. The largest absolute Gasteiger partial charge is 0.497 e. The van der Waals surface area contributed by atoms with Crippen molar-refractivity contribution < 1.29 is 14.3 Å². The fraction of sp³-hybridized carbons (Fsp3) is 0.421. The number of rotatable bonds is 6. The maximum Gasteiger partial charge on any atom is 0.317 e. The molecule has 27 heavy (non-hydrogen) atoms. The van der Waals surface area contributed by atoms with Crippen LogP contribution in [0.3, 0.4) is 0 Å². The molecule has 0 spiro atoms. The number of carbonyl (C=O) groups is 2. The average Bonchev–Trinajstić information content (AvgIpc) is 3.21. The van der Waals surface area contributed by atoms with E-state index in [1.54, 1.807) is 18.2 Å². The molecule has 3 amide bonds. The van der Waals surface area contributed by atoms with E-state index in [-0.39, 0.29) is 17.9 Å². The first-order valence-corrected chi connectivity index (χ1v) is 9.89. The van der Waals surface area contributed by atoms with Crippen molar-refractivity contribution in [3.05, 3.63) is 41.4 Å². The number of hydrogen-bond acceptors (Lipinski definition) is 5. The maximum absolute atomic E-state index is 12.3. The lowest BCUT2D eigenvalue weighted by Gasteiger charge is -2.31. The molecule has 7 nitrogen and oxygen atoms in total. The van der Waals surface area contributed by atoms with Crippen molar-refractivity contribution in [2.45, 2.75) is 19.3 Å². The summed E-state index contributed by atoms with van der Waals surface area (Å²) < 4.78 is 5.14. The number of aromatic nitrogens is 1. The Labute approximate surface area is 162 Å². The molecule has 0 atom stereocenters. The van der Waals surface area contributed by atoms with E-state index in [1.807, 2.05) is 29.6 Å². The summed E-state index contributed by atoms with van der Waals surface area (Å²) in [6.07, 6.45) is 3.77. The van der Waals surface area contributed by atoms with E-state index in [0.717, 1.165) is 17.7 Å². The number of piperidine rings is 1. The van der Waals surface area contributed by atoms with Gasteiger partial charge < -0.3 is 20.3 Å². The second-order valence-electron chi connectivity index (χ2n) is 6.42. The first kappa shape index (κ1) is 19.2. The first-order valence-electron chi connectivity index (χ1n) is 9.02. The predicted octanol–water partition coefficient (Wildman–Crippen LogP) is 2.75. The molecule has 0 radical (unpaired) electrons. The zero-order chi connectivity index (χ0) is 19.1. The Balaban J connectivity index is 1.37. The summed E-state index contributed by atoms with van der Waals surface area (Å²) in [6.45, 7) is 1.75. The van der Waals surface area contributed by atoms with Gasteiger partial charge in [0.25, 0.3) is 0 Å². The monoisotopic (exact) mass is 388 g/mol.